The summed E-state index contributed by atoms with van der Waals surface area (Å²) in [6.45, 7) is 3.71. The third-order valence-electron chi connectivity index (χ3n) is 4.20. The topological polar surface area (TPSA) is 70.7 Å². The molecule has 0 spiro atoms. The van der Waals surface area contributed by atoms with E-state index in [4.69, 9.17) is 4.74 Å². The van der Waals surface area contributed by atoms with Crippen LogP contribution in [-0.4, -0.2) is 38.6 Å². The number of piperazine rings is 1. The van der Waals surface area contributed by atoms with E-state index in [1.54, 1.807) is 19.2 Å². The van der Waals surface area contributed by atoms with Gasteiger partial charge in [-0.3, -0.25) is 9.59 Å². The van der Waals surface area contributed by atoms with Crippen molar-refractivity contribution in [3.05, 3.63) is 53.6 Å². The predicted molar refractivity (Wildman–Crippen MR) is 97.3 cm³/mol. The van der Waals surface area contributed by atoms with Crippen molar-refractivity contribution < 1.29 is 14.3 Å². The van der Waals surface area contributed by atoms with Gasteiger partial charge in [0.2, 0.25) is 5.91 Å². The van der Waals surface area contributed by atoms with Crippen molar-refractivity contribution >= 4 is 23.2 Å². The molecule has 0 atom stereocenters. The van der Waals surface area contributed by atoms with Crippen molar-refractivity contribution in [1.29, 1.82) is 0 Å². The maximum Gasteiger partial charge on any atom is 0.255 e. The summed E-state index contributed by atoms with van der Waals surface area (Å²) in [4.78, 5) is 25.9. The van der Waals surface area contributed by atoms with Crippen LogP contribution in [0, 0.1) is 6.92 Å². The third kappa shape index (κ3) is 3.91. The molecular weight excluding hydrogens is 318 g/mol. The van der Waals surface area contributed by atoms with Gasteiger partial charge in [-0.15, -0.1) is 0 Å². The summed E-state index contributed by atoms with van der Waals surface area (Å²) < 4.78 is 5.26. The zero-order valence-corrected chi connectivity index (χ0v) is 14.3. The molecule has 6 heteroatoms. The highest BCUT2D eigenvalue weighted by molar-refractivity contribution is 6.04. The van der Waals surface area contributed by atoms with Crippen molar-refractivity contribution in [2.75, 3.05) is 37.0 Å². The fourth-order valence-corrected chi connectivity index (χ4v) is 2.78. The minimum Gasteiger partial charge on any atom is -0.496 e. The van der Waals surface area contributed by atoms with E-state index >= 15 is 0 Å². The van der Waals surface area contributed by atoms with E-state index in [0.29, 0.717) is 30.1 Å². The summed E-state index contributed by atoms with van der Waals surface area (Å²) in [7, 11) is 1.59. The van der Waals surface area contributed by atoms with Crippen molar-refractivity contribution in [2.45, 2.75) is 6.92 Å². The van der Waals surface area contributed by atoms with Crippen LogP contribution in [0.5, 0.6) is 5.75 Å². The molecule has 0 unspecified atom stereocenters. The highest BCUT2D eigenvalue weighted by Crippen LogP contribution is 2.21. The molecule has 2 aromatic carbocycles. The number of methoxy groups -OCH3 is 1. The molecule has 130 valence electrons. The zero-order chi connectivity index (χ0) is 17.8. The minimum absolute atomic E-state index is 0.0250. The van der Waals surface area contributed by atoms with Gasteiger partial charge in [-0.2, -0.15) is 0 Å². The van der Waals surface area contributed by atoms with E-state index in [1.165, 1.54) is 0 Å². The lowest BCUT2D eigenvalue weighted by Gasteiger charge is -2.28. The molecule has 1 aliphatic heterocycles. The Morgan fingerprint density at radius 3 is 2.64 bits per heavy atom. The van der Waals surface area contributed by atoms with Gasteiger partial charge in [0.25, 0.3) is 5.91 Å². The Kier molecular flexibility index (Phi) is 4.88. The van der Waals surface area contributed by atoms with Crippen molar-refractivity contribution in [3.8, 4) is 5.75 Å². The van der Waals surface area contributed by atoms with E-state index in [-0.39, 0.29) is 11.8 Å². The Hall–Kier alpha value is -3.02. The molecule has 0 aliphatic carbocycles. The average molecular weight is 339 g/mol. The first kappa shape index (κ1) is 16.8. The second-order valence-electron chi connectivity index (χ2n) is 5.96. The van der Waals surface area contributed by atoms with Gasteiger partial charge in [0.15, 0.2) is 0 Å². The number of carbonyl (C=O) groups is 2. The first-order valence-corrected chi connectivity index (χ1v) is 8.14. The normalized spacial score (nSPS) is 14.0. The van der Waals surface area contributed by atoms with Gasteiger partial charge in [0.05, 0.1) is 13.7 Å². The van der Waals surface area contributed by atoms with Crippen LogP contribution < -0.4 is 20.3 Å². The number of nitrogens with zero attached hydrogens (tertiary/aromatic N) is 1. The van der Waals surface area contributed by atoms with E-state index in [9.17, 15) is 9.59 Å². The lowest BCUT2D eigenvalue weighted by atomic mass is 10.1. The van der Waals surface area contributed by atoms with Crippen LogP contribution in [0.3, 0.4) is 0 Å². The summed E-state index contributed by atoms with van der Waals surface area (Å²) >= 11 is 0. The maximum absolute atomic E-state index is 12.4. The van der Waals surface area contributed by atoms with Crippen LogP contribution >= 0.6 is 0 Å². The first-order chi connectivity index (χ1) is 12.1. The summed E-state index contributed by atoms with van der Waals surface area (Å²) in [5.74, 6) is 0.520. The van der Waals surface area contributed by atoms with Crippen LogP contribution in [0.4, 0.5) is 11.4 Å². The van der Waals surface area contributed by atoms with Crippen molar-refractivity contribution in [1.82, 2.24) is 5.32 Å². The number of anilines is 2. The number of rotatable bonds is 4. The minimum atomic E-state index is -0.191. The quantitative estimate of drug-likeness (QED) is 0.896. The van der Waals surface area contributed by atoms with Crippen LogP contribution in [0.1, 0.15) is 15.9 Å². The molecule has 0 saturated carbocycles. The number of ether oxygens (including phenoxy) is 1. The van der Waals surface area contributed by atoms with Gasteiger partial charge in [-0.05, 0) is 48.9 Å². The molecule has 0 radical (unpaired) electrons. The van der Waals surface area contributed by atoms with Crippen LogP contribution in [0.15, 0.2) is 42.5 Å². The molecule has 1 aliphatic rings. The SMILES string of the molecule is COc1cc(C(=O)Nc2ccc(N3CCNC(=O)C3)cc2)ccc1C. The standard InChI is InChI=1S/C19H21N3O3/c1-13-3-4-14(11-17(13)25-2)19(24)21-15-5-7-16(8-6-15)22-10-9-20-18(23)12-22/h3-8,11H,9-10,12H2,1-2H3,(H,20,23)(H,21,24). The second kappa shape index (κ2) is 7.25. The molecule has 2 aromatic rings. The summed E-state index contributed by atoms with van der Waals surface area (Å²) in [6.07, 6.45) is 0. The highest BCUT2D eigenvalue weighted by Gasteiger charge is 2.16. The lowest BCUT2D eigenvalue weighted by molar-refractivity contribution is -0.120. The molecule has 3 rings (SSSR count). The Morgan fingerprint density at radius 1 is 1.20 bits per heavy atom. The van der Waals surface area contributed by atoms with Gasteiger partial charge in [0, 0.05) is 30.0 Å². The maximum atomic E-state index is 12.4. The van der Waals surface area contributed by atoms with Crippen molar-refractivity contribution in [3.63, 3.8) is 0 Å². The fraction of sp³-hybridized carbons (Fsp3) is 0.263. The number of aryl methyl sites for hydroxylation is 1. The van der Waals surface area contributed by atoms with Gasteiger partial charge in [0.1, 0.15) is 5.75 Å². The Labute approximate surface area is 146 Å². The van der Waals surface area contributed by atoms with Gasteiger partial charge < -0.3 is 20.3 Å². The number of benzene rings is 2. The van der Waals surface area contributed by atoms with Crippen LogP contribution in [0.2, 0.25) is 0 Å². The Bertz CT molecular complexity index is 787. The summed E-state index contributed by atoms with van der Waals surface area (Å²) in [5.41, 5.74) is 3.19. The van der Waals surface area contributed by atoms with Gasteiger partial charge in [-0.25, -0.2) is 0 Å². The zero-order valence-electron chi connectivity index (χ0n) is 14.3. The first-order valence-electron chi connectivity index (χ1n) is 8.14. The molecule has 25 heavy (non-hydrogen) atoms. The number of amides is 2. The molecule has 0 bridgehead atoms. The third-order valence-corrected chi connectivity index (χ3v) is 4.20. The molecule has 2 amide bonds. The Balaban J connectivity index is 1.68. The van der Waals surface area contributed by atoms with Crippen LogP contribution in [0.25, 0.3) is 0 Å². The smallest absolute Gasteiger partial charge is 0.255 e. The van der Waals surface area contributed by atoms with E-state index < -0.39 is 0 Å². The van der Waals surface area contributed by atoms with E-state index in [1.807, 2.05) is 42.2 Å². The molecular formula is C19H21N3O3. The number of hydrogen-bond acceptors (Lipinski definition) is 4. The largest absolute Gasteiger partial charge is 0.496 e. The summed E-state index contributed by atoms with van der Waals surface area (Å²) in [6, 6.07) is 12.8. The summed E-state index contributed by atoms with van der Waals surface area (Å²) in [5, 5.41) is 5.68. The molecule has 1 fully saturated rings. The predicted octanol–water partition coefficient (Wildman–Crippen LogP) is 2.19. The fourth-order valence-electron chi connectivity index (χ4n) is 2.78. The molecule has 2 N–H and O–H groups in total. The van der Waals surface area contributed by atoms with Gasteiger partial charge >= 0.3 is 0 Å². The van der Waals surface area contributed by atoms with Crippen molar-refractivity contribution in [2.24, 2.45) is 0 Å². The van der Waals surface area contributed by atoms with E-state index in [2.05, 4.69) is 10.6 Å². The monoisotopic (exact) mass is 339 g/mol. The molecule has 1 heterocycles. The Morgan fingerprint density at radius 2 is 1.96 bits per heavy atom. The highest BCUT2D eigenvalue weighted by atomic mass is 16.5. The second-order valence-corrected chi connectivity index (χ2v) is 5.96. The van der Waals surface area contributed by atoms with Gasteiger partial charge in [-0.1, -0.05) is 6.07 Å². The number of carbonyl (C=O) groups excluding carboxylic acids is 2. The number of nitrogens with one attached hydrogen (secondary N) is 2. The van der Waals surface area contributed by atoms with Crippen LogP contribution in [-0.2, 0) is 4.79 Å². The molecule has 1 saturated heterocycles. The molecule has 6 nitrogen and oxygen atoms in total. The molecule has 0 aromatic heterocycles. The van der Waals surface area contributed by atoms with E-state index in [0.717, 1.165) is 17.8 Å². The number of hydrogen-bond donors (Lipinski definition) is 2. The average Bonchev–Trinajstić information content (AvgIpc) is 2.62. The lowest BCUT2D eigenvalue weighted by Crippen LogP contribution is -2.47.